The summed E-state index contributed by atoms with van der Waals surface area (Å²) in [5.74, 6) is 1.57. The van der Waals surface area contributed by atoms with E-state index in [0.717, 1.165) is 36.6 Å². The van der Waals surface area contributed by atoms with Crippen molar-refractivity contribution in [1.82, 2.24) is 14.9 Å². The molecule has 1 saturated heterocycles. The average Bonchev–Trinajstić information content (AvgIpc) is 3.17. The van der Waals surface area contributed by atoms with Crippen LogP contribution in [0.3, 0.4) is 0 Å². The minimum Gasteiger partial charge on any atom is -0.494 e. The number of H-pyrrole nitrogens is 1. The lowest BCUT2D eigenvalue weighted by molar-refractivity contribution is 0.102. The molecule has 0 radical (unpaired) electrons. The highest BCUT2D eigenvalue weighted by Gasteiger charge is 2.23. The topological polar surface area (TPSA) is 64.4 Å². The summed E-state index contributed by atoms with van der Waals surface area (Å²) in [6.07, 6.45) is 3.69. The molecule has 2 heterocycles. The second-order valence-electron chi connectivity index (χ2n) is 4.95. The van der Waals surface area contributed by atoms with Crippen molar-refractivity contribution in [2.75, 3.05) is 13.2 Å². The van der Waals surface area contributed by atoms with Gasteiger partial charge in [-0.2, -0.15) is 14.9 Å². The Kier molecular flexibility index (Phi) is 4.65. The van der Waals surface area contributed by atoms with E-state index in [4.69, 9.17) is 21.7 Å². The summed E-state index contributed by atoms with van der Waals surface area (Å²) in [6.45, 7) is 3.37. The van der Waals surface area contributed by atoms with Crippen LogP contribution in [0.1, 0.15) is 37.3 Å². The van der Waals surface area contributed by atoms with Crippen LogP contribution < -0.4 is 4.74 Å². The number of rotatable bonds is 5. The molecule has 6 nitrogen and oxygen atoms in total. The van der Waals surface area contributed by atoms with Crippen LogP contribution in [0.4, 0.5) is 0 Å². The quantitative estimate of drug-likeness (QED) is 0.680. The van der Waals surface area contributed by atoms with Crippen molar-refractivity contribution in [3.05, 3.63) is 40.4 Å². The summed E-state index contributed by atoms with van der Waals surface area (Å²) in [7, 11) is 0. The molecule has 0 bridgehead atoms. The predicted octanol–water partition coefficient (Wildman–Crippen LogP) is 3.07. The molecule has 1 aliphatic heterocycles. The fraction of sp³-hybridized carbons (Fsp3) is 0.400. The molecule has 1 fully saturated rings. The molecular formula is C15H18N4O2S. The zero-order valence-electron chi connectivity index (χ0n) is 12.4. The van der Waals surface area contributed by atoms with E-state index in [2.05, 4.69) is 15.3 Å². The molecule has 1 N–H and O–H groups in total. The number of benzene rings is 1. The van der Waals surface area contributed by atoms with Gasteiger partial charge in [-0.25, -0.2) is 0 Å². The minimum atomic E-state index is -0.0366. The van der Waals surface area contributed by atoms with E-state index < -0.39 is 0 Å². The Bertz CT molecular complexity index is 699. The van der Waals surface area contributed by atoms with Gasteiger partial charge in [-0.3, -0.25) is 5.10 Å². The first-order chi connectivity index (χ1) is 10.8. The van der Waals surface area contributed by atoms with Gasteiger partial charge in [0.05, 0.1) is 12.8 Å². The largest absolute Gasteiger partial charge is 0.494 e. The van der Waals surface area contributed by atoms with Crippen molar-refractivity contribution in [3.63, 3.8) is 0 Å². The molecule has 3 rings (SSSR count). The van der Waals surface area contributed by atoms with Gasteiger partial charge in [-0.1, -0.05) is 0 Å². The van der Waals surface area contributed by atoms with Crippen molar-refractivity contribution in [3.8, 4) is 5.75 Å². The van der Waals surface area contributed by atoms with Gasteiger partial charge in [0.25, 0.3) is 0 Å². The Labute approximate surface area is 133 Å². The first-order valence-corrected chi connectivity index (χ1v) is 7.75. The first-order valence-electron chi connectivity index (χ1n) is 7.34. The van der Waals surface area contributed by atoms with Crippen molar-refractivity contribution in [1.29, 1.82) is 0 Å². The highest BCUT2D eigenvalue weighted by atomic mass is 32.1. The van der Waals surface area contributed by atoms with Crippen LogP contribution in [0, 0.1) is 4.77 Å². The van der Waals surface area contributed by atoms with Crippen molar-refractivity contribution in [2.45, 2.75) is 25.9 Å². The number of ether oxygens (including phenoxy) is 2. The Morgan fingerprint density at radius 3 is 3.00 bits per heavy atom. The van der Waals surface area contributed by atoms with Crippen LogP contribution in [-0.2, 0) is 4.74 Å². The molecule has 1 atom stereocenters. The fourth-order valence-electron chi connectivity index (χ4n) is 2.35. The van der Waals surface area contributed by atoms with Crippen molar-refractivity contribution in [2.24, 2.45) is 5.10 Å². The number of aromatic amines is 1. The monoisotopic (exact) mass is 318 g/mol. The molecule has 0 unspecified atom stereocenters. The zero-order valence-corrected chi connectivity index (χ0v) is 13.2. The number of hydrogen-bond donors (Lipinski definition) is 1. The average molecular weight is 318 g/mol. The van der Waals surface area contributed by atoms with E-state index in [1.165, 1.54) is 0 Å². The molecule has 0 aliphatic carbocycles. The SMILES string of the molecule is CCOc1ccc(/C=N\n2c([C@@H]3CCCO3)n[nH]c2=S)cc1. The van der Waals surface area contributed by atoms with Crippen LogP contribution in [0.15, 0.2) is 29.4 Å². The molecule has 1 aliphatic rings. The molecular weight excluding hydrogens is 300 g/mol. The molecule has 0 saturated carbocycles. The molecule has 116 valence electrons. The van der Waals surface area contributed by atoms with Crippen LogP contribution in [0.2, 0.25) is 0 Å². The van der Waals surface area contributed by atoms with Gasteiger partial charge in [0.15, 0.2) is 5.82 Å². The Hall–Kier alpha value is -1.99. The molecule has 0 amide bonds. The van der Waals surface area contributed by atoms with Gasteiger partial charge >= 0.3 is 0 Å². The Morgan fingerprint density at radius 1 is 1.50 bits per heavy atom. The highest BCUT2D eigenvalue weighted by Crippen LogP contribution is 2.26. The molecule has 0 spiro atoms. The normalized spacial score (nSPS) is 18.1. The summed E-state index contributed by atoms with van der Waals surface area (Å²) in [5.41, 5.74) is 0.963. The van der Waals surface area contributed by atoms with Gasteiger partial charge in [-0.05, 0) is 61.8 Å². The maximum Gasteiger partial charge on any atom is 0.216 e. The number of nitrogens with zero attached hydrogens (tertiary/aromatic N) is 3. The van der Waals surface area contributed by atoms with E-state index in [0.29, 0.717) is 11.4 Å². The summed E-state index contributed by atoms with van der Waals surface area (Å²) >= 11 is 5.23. The van der Waals surface area contributed by atoms with Gasteiger partial charge in [-0.15, -0.1) is 0 Å². The number of nitrogens with one attached hydrogen (secondary N) is 1. The van der Waals surface area contributed by atoms with Gasteiger partial charge in [0.2, 0.25) is 4.77 Å². The second-order valence-corrected chi connectivity index (χ2v) is 5.33. The smallest absolute Gasteiger partial charge is 0.216 e. The third-order valence-corrected chi connectivity index (χ3v) is 3.67. The van der Waals surface area contributed by atoms with Gasteiger partial charge in [0, 0.05) is 6.61 Å². The lowest BCUT2D eigenvalue weighted by Gasteiger charge is -2.07. The number of aromatic nitrogens is 3. The summed E-state index contributed by atoms with van der Waals surface area (Å²) < 4.78 is 13.2. The van der Waals surface area contributed by atoms with E-state index in [-0.39, 0.29) is 6.10 Å². The molecule has 7 heteroatoms. The third kappa shape index (κ3) is 3.26. The highest BCUT2D eigenvalue weighted by molar-refractivity contribution is 7.71. The molecule has 22 heavy (non-hydrogen) atoms. The third-order valence-electron chi connectivity index (χ3n) is 3.41. The fourth-order valence-corrected chi connectivity index (χ4v) is 2.53. The standard InChI is InChI=1S/C15H18N4O2S/c1-2-20-12-7-5-11(6-8-12)10-16-19-14(17-18-15(19)22)13-4-3-9-21-13/h5-8,10,13H,2-4,9H2,1H3,(H,18,22)/b16-10-/t13-/m0/s1. The van der Waals surface area contributed by atoms with Crippen molar-refractivity contribution >= 4 is 18.4 Å². The maximum atomic E-state index is 5.65. The lowest BCUT2D eigenvalue weighted by Crippen LogP contribution is -2.05. The first kappa shape index (κ1) is 14.9. The Balaban J connectivity index is 1.80. The zero-order chi connectivity index (χ0) is 15.4. The minimum absolute atomic E-state index is 0.0366. The second kappa shape index (κ2) is 6.85. The maximum absolute atomic E-state index is 5.65. The van der Waals surface area contributed by atoms with Crippen LogP contribution >= 0.6 is 12.2 Å². The summed E-state index contributed by atoms with van der Waals surface area (Å²) in [5, 5.41) is 11.4. The predicted molar refractivity (Wildman–Crippen MR) is 85.9 cm³/mol. The van der Waals surface area contributed by atoms with E-state index in [9.17, 15) is 0 Å². The summed E-state index contributed by atoms with van der Waals surface area (Å²) in [6, 6.07) is 7.73. The molecule has 2 aromatic rings. The van der Waals surface area contributed by atoms with E-state index >= 15 is 0 Å². The summed E-state index contributed by atoms with van der Waals surface area (Å²) in [4.78, 5) is 0. The van der Waals surface area contributed by atoms with Crippen molar-refractivity contribution < 1.29 is 9.47 Å². The molecule has 1 aromatic carbocycles. The van der Waals surface area contributed by atoms with E-state index in [1.807, 2.05) is 31.2 Å². The lowest BCUT2D eigenvalue weighted by atomic mass is 10.2. The van der Waals surface area contributed by atoms with Crippen LogP contribution in [-0.4, -0.2) is 34.3 Å². The van der Waals surface area contributed by atoms with Crippen LogP contribution in [0.25, 0.3) is 0 Å². The molecule has 1 aromatic heterocycles. The van der Waals surface area contributed by atoms with E-state index in [1.54, 1.807) is 10.9 Å². The number of hydrogen-bond acceptors (Lipinski definition) is 5. The Morgan fingerprint density at radius 2 is 2.32 bits per heavy atom. The van der Waals surface area contributed by atoms with Gasteiger partial charge in [0.1, 0.15) is 11.9 Å². The van der Waals surface area contributed by atoms with Crippen LogP contribution in [0.5, 0.6) is 5.75 Å². The van der Waals surface area contributed by atoms with Gasteiger partial charge < -0.3 is 9.47 Å².